The van der Waals surface area contributed by atoms with E-state index >= 15 is 0 Å². The molecule has 2 heterocycles. The predicted molar refractivity (Wildman–Crippen MR) is 49.6 cm³/mol. The van der Waals surface area contributed by atoms with Crippen LogP contribution in [0.4, 0.5) is 0 Å². The van der Waals surface area contributed by atoms with Crippen LogP contribution in [0.5, 0.6) is 0 Å². The van der Waals surface area contributed by atoms with Crippen molar-refractivity contribution in [3.05, 3.63) is 17.9 Å². The molecule has 0 unspecified atom stereocenters. The van der Waals surface area contributed by atoms with Crippen LogP contribution in [0.2, 0.25) is 0 Å². The van der Waals surface area contributed by atoms with E-state index in [1.165, 1.54) is 11.8 Å². The Morgan fingerprint density at radius 1 is 1.75 bits per heavy atom. The summed E-state index contributed by atoms with van der Waals surface area (Å²) in [6.07, 6.45) is 3.65. The number of nitrogens with zero attached hydrogens (tertiary/aromatic N) is 2. The summed E-state index contributed by atoms with van der Waals surface area (Å²) >= 11 is 2.77. The van der Waals surface area contributed by atoms with E-state index in [0.717, 1.165) is 9.86 Å². The van der Waals surface area contributed by atoms with Gasteiger partial charge < -0.3 is 0 Å². The molecule has 12 heavy (non-hydrogen) atoms. The number of carbonyl (C=O) groups excluding carboxylic acids is 1. The van der Waals surface area contributed by atoms with E-state index in [1.54, 1.807) is 24.6 Å². The van der Waals surface area contributed by atoms with Crippen molar-refractivity contribution in [2.75, 3.05) is 0 Å². The Morgan fingerprint density at radius 3 is 3.33 bits per heavy atom. The lowest BCUT2D eigenvalue weighted by Crippen LogP contribution is -1.80. The number of aromatic nitrogens is 2. The number of thioether (sulfide) groups is 1. The molecule has 0 bridgehead atoms. The standard InChI is InChI=1S/C7H6N2OS2/c1-5(10)12-6-7-9(4-8-6)2-3-11-7/h2-4H,1H3. The van der Waals surface area contributed by atoms with Gasteiger partial charge in [0.2, 0.25) is 0 Å². The largest absolute Gasteiger partial charge is 0.296 e. The van der Waals surface area contributed by atoms with Crippen LogP contribution in [0.3, 0.4) is 0 Å². The Labute approximate surface area is 77.4 Å². The van der Waals surface area contributed by atoms with Crippen molar-refractivity contribution >= 4 is 33.0 Å². The van der Waals surface area contributed by atoms with E-state index < -0.39 is 0 Å². The van der Waals surface area contributed by atoms with E-state index in [1.807, 2.05) is 16.0 Å². The summed E-state index contributed by atoms with van der Waals surface area (Å²) in [6.45, 7) is 1.55. The molecule has 2 aromatic rings. The summed E-state index contributed by atoms with van der Waals surface area (Å²) in [5.41, 5.74) is 0. The van der Waals surface area contributed by atoms with Gasteiger partial charge in [-0.15, -0.1) is 11.3 Å². The predicted octanol–water partition coefficient (Wildman–Crippen LogP) is 2.03. The van der Waals surface area contributed by atoms with Crippen molar-refractivity contribution in [2.24, 2.45) is 0 Å². The molecule has 0 aromatic carbocycles. The number of hydrogen-bond acceptors (Lipinski definition) is 4. The summed E-state index contributed by atoms with van der Waals surface area (Å²) in [5.74, 6) is 0. The molecular weight excluding hydrogens is 192 g/mol. The summed E-state index contributed by atoms with van der Waals surface area (Å²) in [6, 6.07) is 0. The maximum Gasteiger partial charge on any atom is 0.192 e. The average molecular weight is 198 g/mol. The van der Waals surface area contributed by atoms with E-state index in [2.05, 4.69) is 4.98 Å². The lowest BCUT2D eigenvalue weighted by Gasteiger charge is -1.87. The van der Waals surface area contributed by atoms with Gasteiger partial charge >= 0.3 is 0 Å². The van der Waals surface area contributed by atoms with Crippen molar-refractivity contribution in [1.29, 1.82) is 0 Å². The number of fused-ring (bicyclic) bond motifs is 1. The van der Waals surface area contributed by atoms with Gasteiger partial charge in [-0.05, 0) is 11.8 Å². The minimum absolute atomic E-state index is 0.0731. The molecule has 2 rings (SSSR count). The number of rotatable bonds is 1. The summed E-state index contributed by atoms with van der Waals surface area (Å²) in [4.78, 5) is 15.9. The first-order chi connectivity index (χ1) is 5.77. The Bertz CT molecular complexity index is 418. The topological polar surface area (TPSA) is 34.4 Å². The van der Waals surface area contributed by atoms with E-state index in [9.17, 15) is 4.79 Å². The zero-order valence-corrected chi connectivity index (χ0v) is 7.98. The lowest BCUT2D eigenvalue weighted by atomic mass is 10.9. The van der Waals surface area contributed by atoms with Crippen molar-refractivity contribution < 1.29 is 4.79 Å². The normalized spacial score (nSPS) is 10.8. The smallest absolute Gasteiger partial charge is 0.192 e. The first kappa shape index (κ1) is 7.82. The molecule has 0 N–H and O–H groups in total. The summed E-state index contributed by atoms with van der Waals surface area (Å²) in [5, 5.41) is 2.85. The molecule has 3 nitrogen and oxygen atoms in total. The number of hydrogen-bond donors (Lipinski definition) is 0. The molecule has 0 aliphatic carbocycles. The molecule has 0 fully saturated rings. The third-order valence-corrected chi connectivity index (χ3v) is 3.15. The van der Waals surface area contributed by atoms with Crippen LogP contribution >= 0.6 is 23.1 Å². The van der Waals surface area contributed by atoms with Crippen molar-refractivity contribution in [1.82, 2.24) is 9.38 Å². The Kier molecular flexibility index (Phi) is 1.90. The van der Waals surface area contributed by atoms with Gasteiger partial charge in [0.1, 0.15) is 16.2 Å². The van der Waals surface area contributed by atoms with E-state index in [-0.39, 0.29) is 5.12 Å². The third kappa shape index (κ3) is 1.25. The molecule has 5 heteroatoms. The van der Waals surface area contributed by atoms with Gasteiger partial charge in [-0.25, -0.2) is 4.98 Å². The fourth-order valence-electron chi connectivity index (χ4n) is 0.917. The molecule has 62 valence electrons. The van der Waals surface area contributed by atoms with Crippen LogP contribution in [0.15, 0.2) is 22.9 Å². The fourth-order valence-corrected chi connectivity index (χ4v) is 2.46. The first-order valence-electron chi connectivity index (χ1n) is 3.36. The SMILES string of the molecule is CC(=O)Sc1ncn2ccsc12. The zero-order valence-electron chi connectivity index (χ0n) is 6.35. The highest BCUT2D eigenvalue weighted by Gasteiger charge is 2.07. The molecule has 0 radical (unpaired) electrons. The number of imidazole rings is 1. The van der Waals surface area contributed by atoms with Crippen LogP contribution in [0.25, 0.3) is 4.83 Å². The van der Waals surface area contributed by atoms with Crippen LogP contribution in [-0.4, -0.2) is 14.5 Å². The van der Waals surface area contributed by atoms with E-state index in [0.29, 0.717) is 0 Å². The molecule has 0 atom stereocenters. The monoisotopic (exact) mass is 198 g/mol. The van der Waals surface area contributed by atoms with Crippen LogP contribution < -0.4 is 0 Å². The lowest BCUT2D eigenvalue weighted by molar-refractivity contribution is -0.109. The van der Waals surface area contributed by atoms with Gasteiger partial charge in [0.25, 0.3) is 0 Å². The second-order valence-corrected chi connectivity index (χ2v) is 4.32. The third-order valence-electron chi connectivity index (χ3n) is 1.36. The molecule has 0 saturated heterocycles. The number of thiazole rings is 1. The zero-order chi connectivity index (χ0) is 8.55. The minimum Gasteiger partial charge on any atom is -0.296 e. The fraction of sp³-hybridized carbons (Fsp3) is 0.143. The molecular formula is C7H6N2OS2. The van der Waals surface area contributed by atoms with Crippen molar-refractivity contribution in [2.45, 2.75) is 11.9 Å². The van der Waals surface area contributed by atoms with Crippen molar-refractivity contribution in [3.63, 3.8) is 0 Å². The Balaban J connectivity index is 2.47. The van der Waals surface area contributed by atoms with Crippen molar-refractivity contribution in [3.8, 4) is 0 Å². The summed E-state index contributed by atoms with van der Waals surface area (Å²) in [7, 11) is 0. The maximum absolute atomic E-state index is 10.8. The average Bonchev–Trinajstić information content (AvgIpc) is 2.52. The molecule has 0 aliphatic heterocycles. The molecule has 0 spiro atoms. The summed E-state index contributed by atoms with van der Waals surface area (Å²) < 4.78 is 1.91. The van der Waals surface area contributed by atoms with Gasteiger partial charge in [0, 0.05) is 18.5 Å². The highest BCUT2D eigenvalue weighted by atomic mass is 32.2. The Hall–Kier alpha value is -0.810. The minimum atomic E-state index is 0.0731. The molecule has 0 aliphatic rings. The Morgan fingerprint density at radius 2 is 2.58 bits per heavy atom. The molecule has 0 amide bonds. The van der Waals surface area contributed by atoms with Gasteiger partial charge in [0.15, 0.2) is 5.12 Å². The number of carbonyl (C=O) groups is 1. The van der Waals surface area contributed by atoms with Gasteiger partial charge in [0.05, 0.1) is 0 Å². The maximum atomic E-state index is 10.8. The highest BCUT2D eigenvalue weighted by Crippen LogP contribution is 2.25. The molecule has 0 saturated carbocycles. The first-order valence-corrected chi connectivity index (χ1v) is 5.05. The second kappa shape index (κ2) is 2.91. The second-order valence-electron chi connectivity index (χ2n) is 2.26. The van der Waals surface area contributed by atoms with E-state index in [4.69, 9.17) is 0 Å². The molecule has 2 aromatic heterocycles. The van der Waals surface area contributed by atoms with Gasteiger partial charge in [-0.2, -0.15) is 0 Å². The van der Waals surface area contributed by atoms with Crippen LogP contribution in [0.1, 0.15) is 6.92 Å². The quantitative estimate of drug-likeness (QED) is 0.657. The van der Waals surface area contributed by atoms with Gasteiger partial charge in [-0.3, -0.25) is 9.20 Å². The van der Waals surface area contributed by atoms with Gasteiger partial charge in [-0.1, -0.05) is 0 Å². The van der Waals surface area contributed by atoms with Crippen LogP contribution in [0, 0.1) is 0 Å². The highest BCUT2D eigenvalue weighted by molar-refractivity contribution is 8.13. The van der Waals surface area contributed by atoms with Crippen LogP contribution in [-0.2, 0) is 4.79 Å².